The minimum Gasteiger partial charge on any atom is -0.365 e. The summed E-state index contributed by atoms with van der Waals surface area (Å²) in [6.07, 6.45) is 0. The molecule has 2 aromatic carbocycles. The fourth-order valence-electron chi connectivity index (χ4n) is 2.44. The van der Waals surface area contributed by atoms with Crippen molar-refractivity contribution in [3.63, 3.8) is 0 Å². The molecule has 1 aromatic heterocycles. The van der Waals surface area contributed by atoms with Crippen LogP contribution in [0.5, 0.6) is 0 Å². The lowest BCUT2D eigenvalue weighted by Crippen LogP contribution is -2.18. The molecular formula is C20H19FN2O3. The number of ether oxygens (including phenoxy) is 1. The fraction of sp³-hybridized carbons (Fsp3) is 0.200. The number of aryl methyl sites for hydroxylation is 2. The van der Waals surface area contributed by atoms with Gasteiger partial charge in [0.05, 0.1) is 6.61 Å². The third kappa shape index (κ3) is 4.55. The topological polar surface area (TPSA) is 64.4 Å². The zero-order valence-corrected chi connectivity index (χ0v) is 14.6. The molecule has 6 heteroatoms. The van der Waals surface area contributed by atoms with Crippen LogP contribution < -0.4 is 5.32 Å². The third-order valence-corrected chi connectivity index (χ3v) is 3.84. The van der Waals surface area contributed by atoms with Crippen molar-refractivity contribution in [3.05, 3.63) is 71.2 Å². The number of nitrogens with zero attached hydrogens (tertiary/aromatic N) is 1. The molecule has 0 aliphatic carbocycles. The van der Waals surface area contributed by atoms with Crippen LogP contribution in [0.1, 0.15) is 16.8 Å². The first-order chi connectivity index (χ1) is 12.5. The van der Waals surface area contributed by atoms with Gasteiger partial charge in [0.1, 0.15) is 18.1 Å². The van der Waals surface area contributed by atoms with Crippen molar-refractivity contribution in [1.82, 2.24) is 5.16 Å². The highest BCUT2D eigenvalue weighted by atomic mass is 19.1. The second-order valence-electron chi connectivity index (χ2n) is 6.05. The molecule has 0 radical (unpaired) electrons. The first-order valence-electron chi connectivity index (χ1n) is 8.17. The van der Waals surface area contributed by atoms with Gasteiger partial charge >= 0.3 is 0 Å². The van der Waals surface area contributed by atoms with E-state index in [1.807, 2.05) is 32.0 Å². The van der Waals surface area contributed by atoms with Crippen LogP contribution >= 0.6 is 0 Å². The summed E-state index contributed by atoms with van der Waals surface area (Å²) in [5, 5.41) is 6.73. The Morgan fingerprint density at radius 3 is 2.69 bits per heavy atom. The van der Waals surface area contributed by atoms with E-state index in [1.54, 1.807) is 18.2 Å². The first kappa shape index (κ1) is 17.8. The Kier molecular flexibility index (Phi) is 5.43. The number of rotatable bonds is 6. The molecule has 5 nitrogen and oxygen atoms in total. The van der Waals surface area contributed by atoms with Gasteiger partial charge in [-0.15, -0.1) is 0 Å². The van der Waals surface area contributed by atoms with Crippen molar-refractivity contribution in [2.45, 2.75) is 20.5 Å². The number of nitrogens with one attached hydrogen (secondary N) is 1. The summed E-state index contributed by atoms with van der Waals surface area (Å²) in [5.74, 6) is -0.0314. The minimum atomic E-state index is -0.313. The quantitative estimate of drug-likeness (QED) is 0.719. The van der Waals surface area contributed by atoms with E-state index in [4.69, 9.17) is 9.26 Å². The fourth-order valence-corrected chi connectivity index (χ4v) is 2.44. The molecule has 3 aromatic rings. The lowest BCUT2D eigenvalue weighted by molar-refractivity contribution is -0.121. The zero-order chi connectivity index (χ0) is 18.5. The molecule has 3 rings (SSSR count). The molecule has 0 bridgehead atoms. The van der Waals surface area contributed by atoms with E-state index in [1.165, 1.54) is 12.1 Å². The van der Waals surface area contributed by atoms with Crippen LogP contribution in [0, 0.1) is 19.7 Å². The molecule has 0 atom stereocenters. The third-order valence-electron chi connectivity index (χ3n) is 3.84. The Labute approximate surface area is 150 Å². The van der Waals surface area contributed by atoms with Gasteiger partial charge in [-0.25, -0.2) is 4.39 Å². The second kappa shape index (κ2) is 7.93. The summed E-state index contributed by atoms with van der Waals surface area (Å²) < 4.78 is 23.6. The highest BCUT2D eigenvalue weighted by Gasteiger charge is 2.09. The Hall–Kier alpha value is -2.99. The zero-order valence-electron chi connectivity index (χ0n) is 14.6. The Bertz CT molecular complexity index is 904. The molecule has 0 aliphatic rings. The van der Waals surface area contributed by atoms with E-state index < -0.39 is 0 Å². The van der Waals surface area contributed by atoms with Crippen molar-refractivity contribution >= 4 is 11.6 Å². The number of hydrogen-bond acceptors (Lipinski definition) is 4. The van der Waals surface area contributed by atoms with Gasteiger partial charge in [0.2, 0.25) is 5.91 Å². The van der Waals surface area contributed by atoms with Gasteiger partial charge < -0.3 is 14.6 Å². The van der Waals surface area contributed by atoms with Crippen molar-refractivity contribution in [1.29, 1.82) is 0 Å². The second-order valence-corrected chi connectivity index (χ2v) is 6.05. The van der Waals surface area contributed by atoms with Crippen molar-refractivity contribution in [2.75, 3.05) is 11.9 Å². The standard InChI is InChI=1S/C20H19FN2O3/c1-13-3-4-14(2)18(9-13)22-20(24)12-25-11-17-10-19(26-23-17)15-5-7-16(21)8-6-15/h3-10H,11-12H2,1-2H3,(H,22,24). The number of amides is 1. The van der Waals surface area contributed by atoms with Crippen LogP contribution in [-0.2, 0) is 16.1 Å². The van der Waals surface area contributed by atoms with Crippen molar-refractivity contribution in [3.8, 4) is 11.3 Å². The maximum Gasteiger partial charge on any atom is 0.250 e. The predicted molar refractivity (Wildman–Crippen MR) is 96.1 cm³/mol. The highest BCUT2D eigenvalue weighted by molar-refractivity contribution is 5.92. The van der Waals surface area contributed by atoms with Gasteiger partial charge in [-0.2, -0.15) is 0 Å². The number of aromatic nitrogens is 1. The van der Waals surface area contributed by atoms with Gasteiger partial charge in [0.25, 0.3) is 0 Å². The number of carbonyl (C=O) groups is 1. The van der Waals surface area contributed by atoms with Gasteiger partial charge in [-0.3, -0.25) is 4.79 Å². The summed E-state index contributed by atoms with van der Waals surface area (Å²) >= 11 is 0. The Morgan fingerprint density at radius 1 is 1.15 bits per heavy atom. The lowest BCUT2D eigenvalue weighted by Gasteiger charge is -2.09. The largest absolute Gasteiger partial charge is 0.365 e. The van der Waals surface area contributed by atoms with Gasteiger partial charge in [0.15, 0.2) is 5.76 Å². The monoisotopic (exact) mass is 354 g/mol. The summed E-state index contributed by atoms with van der Waals surface area (Å²) in [5.41, 5.74) is 4.12. The van der Waals surface area contributed by atoms with E-state index in [2.05, 4.69) is 10.5 Å². The SMILES string of the molecule is Cc1ccc(C)c(NC(=O)COCc2cc(-c3ccc(F)cc3)on2)c1. The molecule has 0 saturated carbocycles. The molecule has 0 aliphatic heterocycles. The van der Waals surface area contributed by atoms with E-state index in [0.717, 1.165) is 22.4 Å². The molecule has 1 amide bonds. The van der Waals surface area contributed by atoms with E-state index in [9.17, 15) is 9.18 Å². The van der Waals surface area contributed by atoms with E-state index in [-0.39, 0.29) is 24.9 Å². The molecule has 1 heterocycles. The molecule has 0 spiro atoms. The number of hydrogen-bond donors (Lipinski definition) is 1. The van der Waals surface area contributed by atoms with Crippen LogP contribution in [0.4, 0.5) is 10.1 Å². The maximum atomic E-state index is 12.9. The van der Waals surface area contributed by atoms with Gasteiger partial charge in [0, 0.05) is 17.3 Å². The smallest absolute Gasteiger partial charge is 0.250 e. The Balaban J connectivity index is 1.51. The molecule has 0 saturated heterocycles. The van der Waals surface area contributed by atoms with Crippen LogP contribution in [0.2, 0.25) is 0 Å². The highest BCUT2D eigenvalue weighted by Crippen LogP contribution is 2.21. The Morgan fingerprint density at radius 2 is 1.92 bits per heavy atom. The summed E-state index contributed by atoms with van der Waals surface area (Å²) in [6, 6.07) is 13.5. The number of carbonyl (C=O) groups excluding carboxylic acids is 1. The molecule has 0 unspecified atom stereocenters. The number of anilines is 1. The molecule has 26 heavy (non-hydrogen) atoms. The first-order valence-corrected chi connectivity index (χ1v) is 8.17. The molecule has 1 N–H and O–H groups in total. The average molecular weight is 354 g/mol. The van der Waals surface area contributed by atoms with Gasteiger partial charge in [-0.05, 0) is 55.3 Å². The van der Waals surface area contributed by atoms with Crippen molar-refractivity contribution < 1.29 is 18.4 Å². The van der Waals surface area contributed by atoms with E-state index >= 15 is 0 Å². The predicted octanol–water partition coefficient (Wildman–Crippen LogP) is 4.25. The molecule has 134 valence electrons. The summed E-state index contributed by atoms with van der Waals surface area (Å²) in [4.78, 5) is 12.0. The van der Waals surface area contributed by atoms with Crippen LogP contribution in [0.15, 0.2) is 53.1 Å². The van der Waals surface area contributed by atoms with Gasteiger partial charge in [-0.1, -0.05) is 17.3 Å². The lowest BCUT2D eigenvalue weighted by atomic mass is 10.1. The van der Waals surface area contributed by atoms with E-state index in [0.29, 0.717) is 11.5 Å². The molecule has 0 fully saturated rings. The summed E-state index contributed by atoms with van der Waals surface area (Å²) in [6.45, 7) is 3.95. The normalized spacial score (nSPS) is 10.7. The minimum absolute atomic E-state index is 0.0911. The number of halogens is 1. The number of benzene rings is 2. The van der Waals surface area contributed by atoms with Crippen LogP contribution in [-0.4, -0.2) is 17.7 Å². The molecular weight excluding hydrogens is 335 g/mol. The average Bonchev–Trinajstić information content (AvgIpc) is 3.08. The van der Waals surface area contributed by atoms with Crippen LogP contribution in [0.25, 0.3) is 11.3 Å². The summed E-state index contributed by atoms with van der Waals surface area (Å²) in [7, 11) is 0. The van der Waals surface area contributed by atoms with Crippen LogP contribution in [0.3, 0.4) is 0 Å². The maximum absolute atomic E-state index is 12.9. The van der Waals surface area contributed by atoms with Crippen molar-refractivity contribution in [2.24, 2.45) is 0 Å².